The standard InChI is InChI=1S/C6H8N4O4/c1-4(11)8-10-3-7-9(6(10)14)2-5(12)13/h3H,2H2,1H3,(H,8,11)(H,12,13). The summed E-state index contributed by atoms with van der Waals surface area (Å²) in [6, 6.07) is 0. The molecule has 0 aliphatic carbocycles. The second-order valence-electron chi connectivity index (χ2n) is 2.50. The average molecular weight is 200 g/mol. The smallest absolute Gasteiger partial charge is 0.365 e. The molecule has 0 unspecified atom stereocenters. The van der Waals surface area contributed by atoms with Gasteiger partial charge in [0, 0.05) is 6.92 Å². The number of carbonyl (C=O) groups excluding carboxylic acids is 1. The zero-order valence-electron chi connectivity index (χ0n) is 7.30. The zero-order chi connectivity index (χ0) is 10.7. The molecule has 0 aromatic carbocycles. The normalized spacial score (nSPS) is 9.79. The number of nitrogens with zero attached hydrogens (tertiary/aromatic N) is 3. The van der Waals surface area contributed by atoms with Crippen molar-refractivity contribution in [1.82, 2.24) is 14.5 Å². The molecule has 1 aromatic rings. The number of amides is 1. The SMILES string of the molecule is CC(=O)Nn1cnn(CC(=O)O)c1=O. The van der Waals surface area contributed by atoms with Gasteiger partial charge in [-0.1, -0.05) is 0 Å². The maximum absolute atomic E-state index is 11.2. The van der Waals surface area contributed by atoms with E-state index < -0.39 is 24.1 Å². The second kappa shape index (κ2) is 3.73. The van der Waals surface area contributed by atoms with Crippen LogP contribution in [-0.4, -0.2) is 31.4 Å². The first kappa shape index (κ1) is 9.96. The summed E-state index contributed by atoms with van der Waals surface area (Å²) in [5, 5.41) is 11.9. The largest absolute Gasteiger partial charge is 0.480 e. The number of hydrogen-bond donors (Lipinski definition) is 2. The van der Waals surface area contributed by atoms with E-state index in [1.54, 1.807) is 0 Å². The van der Waals surface area contributed by atoms with Crippen LogP contribution < -0.4 is 11.1 Å². The van der Waals surface area contributed by atoms with Crippen LogP contribution in [0.3, 0.4) is 0 Å². The van der Waals surface area contributed by atoms with Gasteiger partial charge in [0.25, 0.3) is 0 Å². The number of aromatic nitrogens is 3. The third-order valence-electron chi connectivity index (χ3n) is 1.30. The van der Waals surface area contributed by atoms with E-state index in [1.165, 1.54) is 6.92 Å². The minimum Gasteiger partial charge on any atom is -0.480 e. The Labute approximate surface area is 77.7 Å². The van der Waals surface area contributed by atoms with E-state index in [0.717, 1.165) is 15.7 Å². The number of nitrogens with one attached hydrogen (secondary N) is 1. The van der Waals surface area contributed by atoms with Gasteiger partial charge in [0.05, 0.1) is 0 Å². The zero-order valence-corrected chi connectivity index (χ0v) is 7.30. The van der Waals surface area contributed by atoms with Crippen molar-refractivity contribution in [3.8, 4) is 0 Å². The third-order valence-corrected chi connectivity index (χ3v) is 1.30. The van der Waals surface area contributed by atoms with Crippen LogP contribution in [0.2, 0.25) is 0 Å². The van der Waals surface area contributed by atoms with Crippen molar-refractivity contribution in [1.29, 1.82) is 0 Å². The fraction of sp³-hybridized carbons (Fsp3) is 0.333. The number of carboxylic acid groups (broad SMARTS) is 1. The minimum atomic E-state index is -1.18. The summed E-state index contributed by atoms with van der Waals surface area (Å²) >= 11 is 0. The van der Waals surface area contributed by atoms with Crippen LogP contribution in [0.25, 0.3) is 0 Å². The highest BCUT2D eigenvalue weighted by molar-refractivity contribution is 5.80. The first-order valence-electron chi connectivity index (χ1n) is 3.64. The van der Waals surface area contributed by atoms with Crippen molar-refractivity contribution in [3.63, 3.8) is 0 Å². The van der Waals surface area contributed by atoms with E-state index in [4.69, 9.17) is 5.11 Å². The van der Waals surface area contributed by atoms with Gasteiger partial charge in [0.15, 0.2) is 0 Å². The van der Waals surface area contributed by atoms with Crippen molar-refractivity contribution >= 4 is 11.9 Å². The highest BCUT2D eigenvalue weighted by atomic mass is 16.4. The van der Waals surface area contributed by atoms with Crippen molar-refractivity contribution in [3.05, 3.63) is 16.8 Å². The maximum Gasteiger partial charge on any atom is 0.365 e. The molecule has 0 fully saturated rings. The molecule has 14 heavy (non-hydrogen) atoms. The molecule has 0 spiro atoms. The minimum absolute atomic E-state index is 0.443. The van der Waals surface area contributed by atoms with Gasteiger partial charge >= 0.3 is 11.7 Å². The lowest BCUT2D eigenvalue weighted by Gasteiger charge is -1.97. The quantitative estimate of drug-likeness (QED) is 0.599. The van der Waals surface area contributed by atoms with Gasteiger partial charge in [0.1, 0.15) is 12.9 Å². The van der Waals surface area contributed by atoms with E-state index in [0.29, 0.717) is 0 Å². The molecule has 0 aliphatic heterocycles. The van der Waals surface area contributed by atoms with E-state index in [9.17, 15) is 14.4 Å². The Morgan fingerprint density at radius 1 is 1.64 bits per heavy atom. The van der Waals surface area contributed by atoms with Crippen molar-refractivity contribution in [2.45, 2.75) is 13.5 Å². The molecular weight excluding hydrogens is 192 g/mol. The highest BCUT2D eigenvalue weighted by Gasteiger charge is 2.08. The van der Waals surface area contributed by atoms with Gasteiger partial charge in [-0.25, -0.2) is 9.48 Å². The number of carbonyl (C=O) groups is 2. The molecule has 0 saturated heterocycles. The first-order valence-corrected chi connectivity index (χ1v) is 3.64. The maximum atomic E-state index is 11.2. The van der Waals surface area contributed by atoms with Crippen LogP contribution in [0, 0.1) is 0 Å². The van der Waals surface area contributed by atoms with Crippen molar-refractivity contribution < 1.29 is 14.7 Å². The molecule has 1 rings (SSSR count). The number of aliphatic carboxylic acids is 1. The van der Waals surface area contributed by atoms with Gasteiger partial charge in [0.2, 0.25) is 5.91 Å². The van der Waals surface area contributed by atoms with Gasteiger partial charge < -0.3 is 5.11 Å². The number of carboxylic acids is 1. The fourth-order valence-electron chi connectivity index (χ4n) is 0.820. The van der Waals surface area contributed by atoms with Crippen molar-refractivity contribution in [2.75, 3.05) is 5.43 Å². The van der Waals surface area contributed by atoms with Gasteiger partial charge in [-0.05, 0) is 0 Å². The summed E-state index contributed by atoms with van der Waals surface area (Å²) in [4.78, 5) is 32.1. The van der Waals surface area contributed by atoms with Crippen molar-refractivity contribution in [2.24, 2.45) is 0 Å². The molecular formula is C6H8N4O4. The van der Waals surface area contributed by atoms with Crippen LogP contribution >= 0.6 is 0 Å². The lowest BCUT2D eigenvalue weighted by molar-refractivity contribution is -0.138. The topological polar surface area (TPSA) is 106 Å². The molecule has 0 atom stereocenters. The summed E-state index contributed by atoms with van der Waals surface area (Å²) in [6.07, 6.45) is 1.03. The Morgan fingerprint density at radius 3 is 2.79 bits per heavy atom. The second-order valence-corrected chi connectivity index (χ2v) is 2.50. The molecule has 8 heteroatoms. The Morgan fingerprint density at radius 2 is 2.29 bits per heavy atom. The van der Waals surface area contributed by atoms with E-state index in [1.807, 2.05) is 0 Å². The number of hydrogen-bond acceptors (Lipinski definition) is 4. The molecule has 0 saturated carbocycles. The third kappa shape index (κ3) is 2.19. The predicted octanol–water partition coefficient (Wildman–Crippen LogP) is -1.78. The molecule has 0 aliphatic rings. The van der Waals surface area contributed by atoms with Gasteiger partial charge in [-0.3, -0.25) is 15.0 Å². The van der Waals surface area contributed by atoms with Gasteiger partial charge in [-0.15, -0.1) is 0 Å². The Bertz CT molecular complexity index is 381. The Hall–Kier alpha value is -2.12. The summed E-state index contributed by atoms with van der Waals surface area (Å²) in [7, 11) is 0. The van der Waals surface area contributed by atoms with Crippen LogP contribution in [0.5, 0.6) is 0 Å². The van der Waals surface area contributed by atoms with E-state index >= 15 is 0 Å². The lowest BCUT2D eigenvalue weighted by atomic mass is 10.7. The molecule has 1 heterocycles. The Balaban J connectivity index is 2.91. The number of rotatable bonds is 3. The summed E-state index contributed by atoms with van der Waals surface area (Å²) < 4.78 is 1.53. The Kier molecular flexibility index (Phi) is 2.65. The molecule has 0 bridgehead atoms. The van der Waals surface area contributed by atoms with Crippen LogP contribution in [-0.2, 0) is 16.1 Å². The monoisotopic (exact) mass is 200 g/mol. The van der Waals surface area contributed by atoms with E-state index in [2.05, 4.69) is 10.5 Å². The lowest BCUT2D eigenvalue weighted by Crippen LogP contribution is -2.34. The molecule has 76 valence electrons. The van der Waals surface area contributed by atoms with Crippen LogP contribution in [0.4, 0.5) is 0 Å². The van der Waals surface area contributed by atoms with Crippen LogP contribution in [0.15, 0.2) is 11.1 Å². The molecule has 2 N–H and O–H groups in total. The van der Waals surface area contributed by atoms with E-state index in [-0.39, 0.29) is 0 Å². The van der Waals surface area contributed by atoms with Crippen LogP contribution in [0.1, 0.15) is 6.92 Å². The highest BCUT2D eigenvalue weighted by Crippen LogP contribution is 1.77. The average Bonchev–Trinajstić information content (AvgIpc) is 2.34. The summed E-state index contributed by atoms with van der Waals surface area (Å²) in [5.74, 6) is -1.62. The molecule has 1 amide bonds. The molecule has 1 aromatic heterocycles. The summed E-state index contributed by atoms with van der Waals surface area (Å²) in [5.41, 5.74) is 1.45. The van der Waals surface area contributed by atoms with Gasteiger partial charge in [-0.2, -0.15) is 9.77 Å². The molecule has 8 nitrogen and oxygen atoms in total. The summed E-state index contributed by atoms with van der Waals surface area (Å²) in [6.45, 7) is 0.687. The first-order chi connectivity index (χ1) is 6.50. The molecule has 0 radical (unpaired) electrons. The fourth-order valence-corrected chi connectivity index (χ4v) is 0.820. The predicted molar refractivity (Wildman–Crippen MR) is 44.2 cm³/mol.